The fourth-order valence-electron chi connectivity index (χ4n) is 2.66. The lowest BCUT2D eigenvalue weighted by atomic mass is 10.1. The Labute approximate surface area is 159 Å². The molecule has 1 saturated heterocycles. The number of carbonyl (C=O) groups is 3. The third kappa shape index (κ3) is 5.92. The standard InChI is InChI=1S/C18H27N5O4/c1-4-27-18(26)23-11-9-22(10-12-23)17(25)14-5-6-19-15(13-14)16(24)20-7-8-21(2)3/h5-6,13H,4,7-12H2,1-3H3,(H,20,24). The highest BCUT2D eigenvalue weighted by Gasteiger charge is 2.26. The number of amides is 3. The Hall–Kier alpha value is -2.68. The van der Waals surface area contributed by atoms with Crippen LogP contribution in [0.4, 0.5) is 4.79 Å². The van der Waals surface area contributed by atoms with Crippen molar-refractivity contribution >= 4 is 17.9 Å². The van der Waals surface area contributed by atoms with E-state index in [1.807, 2.05) is 19.0 Å². The maximum atomic E-state index is 12.7. The summed E-state index contributed by atoms with van der Waals surface area (Å²) in [6, 6.07) is 3.10. The van der Waals surface area contributed by atoms with E-state index in [2.05, 4.69) is 10.3 Å². The van der Waals surface area contributed by atoms with Crippen LogP contribution in [0, 0.1) is 0 Å². The van der Waals surface area contributed by atoms with Gasteiger partial charge in [0, 0.05) is 51.0 Å². The molecule has 9 heteroatoms. The maximum Gasteiger partial charge on any atom is 0.409 e. The Bertz CT molecular complexity index is 671. The monoisotopic (exact) mass is 377 g/mol. The molecule has 0 saturated carbocycles. The van der Waals surface area contributed by atoms with E-state index >= 15 is 0 Å². The van der Waals surface area contributed by atoms with Crippen molar-refractivity contribution in [3.8, 4) is 0 Å². The predicted octanol–water partition coefficient (Wildman–Crippen LogP) is 0.287. The van der Waals surface area contributed by atoms with E-state index in [0.717, 1.165) is 6.54 Å². The average Bonchev–Trinajstić information content (AvgIpc) is 2.67. The zero-order chi connectivity index (χ0) is 19.8. The first kappa shape index (κ1) is 20.6. The van der Waals surface area contributed by atoms with Gasteiger partial charge in [-0.2, -0.15) is 0 Å². The van der Waals surface area contributed by atoms with Crippen LogP contribution in [0.5, 0.6) is 0 Å². The van der Waals surface area contributed by atoms with Gasteiger partial charge < -0.3 is 24.8 Å². The summed E-state index contributed by atoms with van der Waals surface area (Å²) in [6.45, 7) is 5.00. The van der Waals surface area contributed by atoms with Crippen LogP contribution in [0.2, 0.25) is 0 Å². The minimum absolute atomic E-state index is 0.178. The van der Waals surface area contributed by atoms with Crippen molar-refractivity contribution in [3.05, 3.63) is 29.6 Å². The van der Waals surface area contributed by atoms with Crippen LogP contribution >= 0.6 is 0 Å². The van der Waals surface area contributed by atoms with Gasteiger partial charge in [-0.05, 0) is 33.2 Å². The van der Waals surface area contributed by atoms with Gasteiger partial charge in [0.25, 0.3) is 11.8 Å². The average molecular weight is 377 g/mol. The molecule has 1 aromatic rings. The molecule has 0 bridgehead atoms. The number of rotatable bonds is 6. The molecule has 1 aliphatic heterocycles. The lowest BCUT2D eigenvalue weighted by Crippen LogP contribution is -2.50. The zero-order valence-electron chi connectivity index (χ0n) is 16.1. The molecule has 0 radical (unpaired) electrons. The molecular formula is C18H27N5O4. The van der Waals surface area contributed by atoms with Crippen LogP contribution in [-0.4, -0.2) is 97.6 Å². The van der Waals surface area contributed by atoms with E-state index < -0.39 is 0 Å². The minimum Gasteiger partial charge on any atom is -0.450 e. The summed E-state index contributed by atoms with van der Waals surface area (Å²) in [5.41, 5.74) is 0.622. The molecule has 27 heavy (non-hydrogen) atoms. The fourth-order valence-corrected chi connectivity index (χ4v) is 2.66. The summed E-state index contributed by atoms with van der Waals surface area (Å²) in [5, 5.41) is 2.78. The van der Waals surface area contributed by atoms with Crippen LogP contribution in [-0.2, 0) is 4.74 Å². The molecule has 2 rings (SSSR count). The lowest BCUT2D eigenvalue weighted by Gasteiger charge is -2.34. The number of hydrogen-bond donors (Lipinski definition) is 1. The topological polar surface area (TPSA) is 95.1 Å². The first-order valence-corrected chi connectivity index (χ1v) is 9.02. The molecule has 9 nitrogen and oxygen atoms in total. The van der Waals surface area contributed by atoms with E-state index in [4.69, 9.17) is 4.74 Å². The number of nitrogens with one attached hydrogen (secondary N) is 1. The summed E-state index contributed by atoms with van der Waals surface area (Å²) in [7, 11) is 3.84. The first-order valence-electron chi connectivity index (χ1n) is 9.02. The highest BCUT2D eigenvalue weighted by Crippen LogP contribution is 2.10. The third-order valence-corrected chi connectivity index (χ3v) is 4.18. The summed E-state index contributed by atoms with van der Waals surface area (Å²) in [6.07, 6.45) is 1.10. The van der Waals surface area contributed by atoms with Crippen LogP contribution in [0.3, 0.4) is 0 Å². The third-order valence-electron chi connectivity index (χ3n) is 4.18. The molecule has 148 valence electrons. The van der Waals surface area contributed by atoms with Gasteiger partial charge in [0.2, 0.25) is 0 Å². The second kappa shape index (κ2) is 9.86. The first-order chi connectivity index (χ1) is 12.9. The number of pyridine rings is 1. The normalized spacial score (nSPS) is 14.2. The van der Waals surface area contributed by atoms with Crippen LogP contribution in [0.1, 0.15) is 27.8 Å². The summed E-state index contributed by atoms with van der Waals surface area (Å²) < 4.78 is 4.98. The molecule has 0 spiro atoms. The zero-order valence-corrected chi connectivity index (χ0v) is 16.1. The molecule has 0 atom stereocenters. The Morgan fingerprint density at radius 1 is 1.19 bits per heavy atom. The molecule has 3 amide bonds. The van der Waals surface area contributed by atoms with E-state index in [-0.39, 0.29) is 23.6 Å². The number of aromatic nitrogens is 1. The van der Waals surface area contributed by atoms with E-state index in [0.29, 0.717) is 44.9 Å². The molecule has 1 fully saturated rings. The van der Waals surface area contributed by atoms with Crippen molar-refractivity contribution in [2.24, 2.45) is 0 Å². The van der Waals surface area contributed by atoms with Crippen molar-refractivity contribution in [3.63, 3.8) is 0 Å². The van der Waals surface area contributed by atoms with Crippen LogP contribution in [0.15, 0.2) is 18.3 Å². The highest BCUT2D eigenvalue weighted by molar-refractivity contribution is 5.98. The van der Waals surface area contributed by atoms with E-state index in [1.165, 1.54) is 12.3 Å². The molecule has 0 aromatic carbocycles. The van der Waals surface area contributed by atoms with Crippen LogP contribution in [0.25, 0.3) is 0 Å². The summed E-state index contributed by atoms with van der Waals surface area (Å²) >= 11 is 0. The SMILES string of the molecule is CCOC(=O)N1CCN(C(=O)c2ccnc(C(=O)NCCN(C)C)c2)CC1. The fraction of sp³-hybridized carbons (Fsp3) is 0.556. The highest BCUT2D eigenvalue weighted by atomic mass is 16.6. The molecule has 0 aliphatic carbocycles. The second-order valence-corrected chi connectivity index (χ2v) is 6.47. The quantitative estimate of drug-likeness (QED) is 0.766. The Morgan fingerprint density at radius 3 is 2.48 bits per heavy atom. The van der Waals surface area contributed by atoms with Gasteiger partial charge in [-0.1, -0.05) is 0 Å². The van der Waals surface area contributed by atoms with E-state index in [1.54, 1.807) is 22.8 Å². The van der Waals surface area contributed by atoms with Gasteiger partial charge in [0.05, 0.1) is 6.61 Å². The number of nitrogens with zero attached hydrogens (tertiary/aromatic N) is 4. The van der Waals surface area contributed by atoms with Crippen molar-refractivity contribution in [2.75, 3.05) is 60.0 Å². The largest absolute Gasteiger partial charge is 0.450 e. The van der Waals surface area contributed by atoms with Gasteiger partial charge in [0.15, 0.2) is 0 Å². The molecule has 1 N–H and O–H groups in total. The number of piperazine rings is 1. The van der Waals surface area contributed by atoms with Gasteiger partial charge in [-0.15, -0.1) is 0 Å². The number of ether oxygens (including phenoxy) is 1. The Kier molecular flexibility index (Phi) is 7.54. The molecule has 2 heterocycles. The van der Waals surface area contributed by atoms with Gasteiger partial charge in [-0.25, -0.2) is 4.79 Å². The van der Waals surface area contributed by atoms with E-state index in [9.17, 15) is 14.4 Å². The van der Waals surface area contributed by atoms with Gasteiger partial charge in [0.1, 0.15) is 5.69 Å². The molecule has 1 aromatic heterocycles. The van der Waals surface area contributed by atoms with Crippen LogP contribution < -0.4 is 5.32 Å². The molecule has 0 unspecified atom stereocenters. The van der Waals surface area contributed by atoms with Crippen molar-refractivity contribution in [2.45, 2.75) is 6.92 Å². The minimum atomic E-state index is -0.356. The summed E-state index contributed by atoms with van der Waals surface area (Å²) in [4.78, 5) is 45.9. The second-order valence-electron chi connectivity index (χ2n) is 6.47. The number of hydrogen-bond acceptors (Lipinski definition) is 6. The van der Waals surface area contributed by atoms with Gasteiger partial charge >= 0.3 is 6.09 Å². The lowest BCUT2D eigenvalue weighted by molar-refractivity contribution is 0.0570. The Morgan fingerprint density at radius 2 is 1.85 bits per heavy atom. The smallest absolute Gasteiger partial charge is 0.409 e. The maximum absolute atomic E-state index is 12.7. The number of carbonyl (C=O) groups excluding carboxylic acids is 3. The van der Waals surface area contributed by atoms with Crippen molar-refractivity contribution in [1.82, 2.24) is 25.0 Å². The van der Waals surface area contributed by atoms with Crippen molar-refractivity contribution < 1.29 is 19.1 Å². The Balaban J connectivity index is 1.93. The predicted molar refractivity (Wildman–Crippen MR) is 99.6 cm³/mol. The molecular weight excluding hydrogens is 350 g/mol. The summed E-state index contributed by atoms with van der Waals surface area (Å²) in [5.74, 6) is -0.484. The number of likely N-dealkylation sites (N-methyl/N-ethyl adjacent to an activating group) is 1. The molecule has 1 aliphatic rings. The van der Waals surface area contributed by atoms with Gasteiger partial charge in [-0.3, -0.25) is 14.6 Å². The van der Waals surface area contributed by atoms with Crippen molar-refractivity contribution in [1.29, 1.82) is 0 Å².